The zero-order valence-electron chi connectivity index (χ0n) is 13.5. The highest BCUT2D eigenvalue weighted by atomic mass is 35.5. The average Bonchev–Trinajstić information content (AvgIpc) is 2.56. The molecule has 0 bridgehead atoms. The zero-order chi connectivity index (χ0) is 16.5. The van der Waals surface area contributed by atoms with Crippen molar-refractivity contribution in [2.75, 3.05) is 20.1 Å². The van der Waals surface area contributed by atoms with Crippen LogP contribution in [0.1, 0.15) is 17.5 Å². The van der Waals surface area contributed by atoms with Gasteiger partial charge in [-0.3, -0.25) is 4.79 Å². The minimum absolute atomic E-state index is 0.0962. The van der Waals surface area contributed by atoms with Crippen molar-refractivity contribution >= 4 is 17.5 Å². The second-order valence-electron chi connectivity index (χ2n) is 5.70. The van der Waals surface area contributed by atoms with Gasteiger partial charge in [0.05, 0.1) is 0 Å². The van der Waals surface area contributed by atoms with Gasteiger partial charge in [0.15, 0.2) is 0 Å². The zero-order valence-corrected chi connectivity index (χ0v) is 14.2. The van der Waals surface area contributed by atoms with Crippen molar-refractivity contribution in [2.24, 2.45) is 0 Å². The molecule has 0 saturated carbocycles. The summed E-state index contributed by atoms with van der Waals surface area (Å²) in [7, 11) is 2.04. The monoisotopic (exact) mass is 330 g/mol. The van der Waals surface area contributed by atoms with Gasteiger partial charge in [-0.25, -0.2) is 0 Å². The Labute approximate surface area is 143 Å². The lowest BCUT2D eigenvalue weighted by molar-refractivity contribution is -0.121. The van der Waals surface area contributed by atoms with Crippen molar-refractivity contribution in [3.63, 3.8) is 0 Å². The van der Waals surface area contributed by atoms with E-state index in [2.05, 4.69) is 22.3 Å². The molecule has 0 aliphatic heterocycles. The smallest absolute Gasteiger partial charge is 0.221 e. The Bertz CT molecular complexity index is 599. The van der Waals surface area contributed by atoms with Gasteiger partial charge in [0.1, 0.15) is 0 Å². The summed E-state index contributed by atoms with van der Waals surface area (Å²) >= 11 is 5.85. The molecule has 2 rings (SSSR count). The molecule has 0 spiro atoms. The summed E-state index contributed by atoms with van der Waals surface area (Å²) in [5, 5.41) is 3.70. The summed E-state index contributed by atoms with van der Waals surface area (Å²) in [6.45, 7) is 2.27. The van der Waals surface area contributed by atoms with Crippen LogP contribution in [0.15, 0.2) is 54.6 Å². The molecule has 0 atom stereocenters. The number of hydrogen-bond acceptors (Lipinski definition) is 2. The molecule has 0 aliphatic rings. The molecular formula is C19H23ClN2O. The molecule has 2 aromatic carbocycles. The molecule has 23 heavy (non-hydrogen) atoms. The van der Waals surface area contributed by atoms with E-state index in [0.717, 1.165) is 24.5 Å². The average molecular weight is 331 g/mol. The van der Waals surface area contributed by atoms with Gasteiger partial charge >= 0.3 is 0 Å². The first kappa shape index (κ1) is 17.5. The van der Waals surface area contributed by atoms with Crippen LogP contribution in [0.5, 0.6) is 0 Å². The number of hydrogen-bond donors (Lipinski definition) is 1. The van der Waals surface area contributed by atoms with E-state index in [-0.39, 0.29) is 5.91 Å². The van der Waals surface area contributed by atoms with Gasteiger partial charge in [-0.2, -0.15) is 0 Å². The van der Waals surface area contributed by atoms with E-state index in [1.807, 2.05) is 49.5 Å². The van der Waals surface area contributed by atoms with E-state index in [0.29, 0.717) is 13.0 Å². The van der Waals surface area contributed by atoms with Crippen LogP contribution in [-0.4, -0.2) is 30.9 Å². The van der Waals surface area contributed by atoms with Gasteiger partial charge in [0.25, 0.3) is 0 Å². The molecule has 0 saturated heterocycles. The largest absolute Gasteiger partial charge is 0.356 e. The van der Waals surface area contributed by atoms with E-state index in [4.69, 9.17) is 11.6 Å². The van der Waals surface area contributed by atoms with Gasteiger partial charge in [0, 0.05) is 31.1 Å². The Kier molecular flexibility index (Phi) is 7.11. The second kappa shape index (κ2) is 9.33. The standard InChI is InChI=1S/C19H23ClN2O/c1-22(15-17-5-3-2-4-6-17)14-12-19(23)21-13-11-16-7-9-18(20)10-8-16/h2-10H,11-15H2,1H3,(H,21,23). The van der Waals surface area contributed by atoms with Crippen LogP contribution in [0, 0.1) is 0 Å². The minimum Gasteiger partial charge on any atom is -0.356 e. The molecule has 0 radical (unpaired) electrons. The molecule has 0 heterocycles. The third-order valence-electron chi connectivity index (χ3n) is 3.67. The van der Waals surface area contributed by atoms with Crippen molar-refractivity contribution in [1.29, 1.82) is 0 Å². The van der Waals surface area contributed by atoms with Crippen molar-refractivity contribution in [3.8, 4) is 0 Å². The van der Waals surface area contributed by atoms with E-state index in [1.54, 1.807) is 0 Å². The van der Waals surface area contributed by atoms with Gasteiger partial charge < -0.3 is 10.2 Å². The number of amides is 1. The van der Waals surface area contributed by atoms with Crippen molar-refractivity contribution < 1.29 is 4.79 Å². The Morgan fingerprint density at radius 3 is 2.43 bits per heavy atom. The van der Waals surface area contributed by atoms with Crippen LogP contribution < -0.4 is 5.32 Å². The highest BCUT2D eigenvalue weighted by Crippen LogP contribution is 2.09. The Hall–Kier alpha value is -1.84. The lowest BCUT2D eigenvalue weighted by atomic mass is 10.1. The number of carbonyl (C=O) groups excluding carboxylic acids is 1. The summed E-state index contributed by atoms with van der Waals surface area (Å²) in [4.78, 5) is 14.0. The van der Waals surface area contributed by atoms with Crippen molar-refractivity contribution in [1.82, 2.24) is 10.2 Å². The SMILES string of the molecule is CN(CCC(=O)NCCc1ccc(Cl)cc1)Cc1ccccc1. The van der Waals surface area contributed by atoms with Gasteiger partial charge in [-0.1, -0.05) is 54.1 Å². The third-order valence-corrected chi connectivity index (χ3v) is 3.92. The number of carbonyl (C=O) groups is 1. The molecule has 0 aliphatic carbocycles. The predicted molar refractivity (Wildman–Crippen MR) is 95.6 cm³/mol. The maximum atomic E-state index is 11.9. The fourth-order valence-corrected chi connectivity index (χ4v) is 2.48. The molecule has 0 aromatic heterocycles. The predicted octanol–water partition coefficient (Wildman–Crippen LogP) is 3.52. The van der Waals surface area contributed by atoms with Crippen LogP contribution in [0.25, 0.3) is 0 Å². The lowest BCUT2D eigenvalue weighted by Crippen LogP contribution is -2.30. The maximum Gasteiger partial charge on any atom is 0.221 e. The number of rotatable bonds is 8. The van der Waals surface area contributed by atoms with Crippen LogP contribution >= 0.6 is 11.6 Å². The molecule has 3 nitrogen and oxygen atoms in total. The molecule has 0 fully saturated rings. The number of nitrogens with one attached hydrogen (secondary N) is 1. The molecule has 2 aromatic rings. The molecular weight excluding hydrogens is 308 g/mol. The summed E-state index contributed by atoms with van der Waals surface area (Å²) in [5.74, 6) is 0.0962. The van der Waals surface area contributed by atoms with E-state index in [9.17, 15) is 4.79 Å². The Morgan fingerprint density at radius 2 is 1.74 bits per heavy atom. The van der Waals surface area contributed by atoms with Gasteiger partial charge in [-0.15, -0.1) is 0 Å². The number of benzene rings is 2. The Morgan fingerprint density at radius 1 is 1.04 bits per heavy atom. The molecule has 4 heteroatoms. The molecule has 1 N–H and O–H groups in total. The first-order valence-corrected chi connectivity index (χ1v) is 8.25. The normalized spacial score (nSPS) is 10.7. The second-order valence-corrected chi connectivity index (χ2v) is 6.14. The minimum atomic E-state index is 0.0962. The summed E-state index contributed by atoms with van der Waals surface area (Å²) in [6, 6.07) is 18.0. The van der Waals surface area contributed by atoms with Gasteiger partial charge in [0.2, 0.25) is 5.91 Å². The lowest BCUT2D eigenvalue weighted by Gasteiger charge is -2.16. The molecule has 122 valence electrons. The first-order valence-electron chi connectivity index (χ1n) is 7.87. The third kappa shape index (κ3) is 6.85. The van der Waals surface area contributed by atoms with Crippen LogP contribution in [-0.2, 0) is 17.8 Å². The van der Waals surface area contributed by atoms with Crippen molar-refractivity contribution in [2.45, 2.75) is 19.4 Å². The summed E-state index contributed by atoms with van der Waals surface area (Å²) in [6.07, 6.45) is 1.34. The summed E-state index contributed by atoms with van der Waals surface area (Å²) < 4.78 is 0. The highest BCUT2D eigenvalue weighted by Gasteiger charge is 2.05. The number of nitrogens with zero attached hydrogens (tertiary/aromatic N) is 1. The quantitative estimate of drug-likeness (QED) is 0.803. The molecule has 0 unspecified atom stereocenters. The van der Waals surface area contributed by atoms with E-state index < -0.39 is 0 Å². The van der Waals surface area contributed by atoms with E-state index in [1.165, 1.54) is 11.1 Å². The summed E-state index contributed by atoms with van der Waals surface area (Å²) in [5.41, 5.74) is 2.44. The maximum absolute atomic E-state index is 11.9. The fourth-order valence-electron chi connectivity index (χ4n) is 2.35. The van der Waals surface area contributed by atoms with E-state index >= 15 is 0 Å². The fraction of sp³-hybridized carbons (Fsp3) is 0.316. The topological polar surface area (TPSA) is 32.3 Å². The molecule has 1 amide bonds. The van der Waals surface area contributed by atoms with Crippen LogP contribution in [0.2, 0.25) is 5.02 Å². The highest BCUT2D eigenvalue weighted by molar-refractivity contribution is 6.30. The van der Waals surface area contributed by atoms with Crippen molar-refractivity contribution in [3.05, 3.63) is 70.7 Å². The van der Waals surface area contributed by atoms with Crippen LogP contribution in [0.3, 0.4) is 0 Å². The number of halogens is 1. The Balaban J connectivity index is 1.62. The first-order chi connectivity index (χ1) is 11.1. The van der Waals surface area contributed by atoms with Gasteiger partial charge in [-0.05, 0) is 36.7 Å². The van der Waals surface area contributed by atoms with Crippen LogP contribution in [0.4, 0.5) is 0 Å².